The van der Waals surface area contributed by atoms with Gasteiger partial charge in [0.15, 0.2) is 17.5 Å². The third-order valence-electron chi connectivity index (χ3n) is 10.9. The molecule has 5 rings (SSSR count). The molecule has 47 heavy (non-hydrogen) atoms. The molecule has 0 radical (unpaired) electrons. The monoisotopic (exact) mass is 655 g/mol. The van der Waals surface area contributed by atoms with Crippen LogP contribution in [0, 0.1) is 17.8 Å². The zero-order valence-electron chi connectivity index (χ0n) is 27.8. The fourth-order valence-electron chi connectivity index (χ4n) is 8.26. The Morgan fingerprint density at radius 3 is 2.55 bits per heavy atom. The molecule has 14 nitrogen and oxygen atoms in total. The van der Waals surface area contributed by atoms with E-state index < -0.39 is 11.6 Å². The van der Waals surface area contributed by atoms with E-state index in [0.29, 0.717) is 70.2 Å². The summed E-state index contributed by atoms with van der Waals surface area (Å²) in [6, 6.07) is 0. The quantitative estimate of drug-likeness (QED) is 0.100. The van der Waals surface area contributed by atoms with Gasteiger partial charge in [-0.05, 0) is 92.7 Å². The van der Waals surface area contributed by atoms with Crippen molar-refractivity contribution >= 4 is 11.8 Å². The Hall–Kier alpha value is -2.86. The van der Waals surface area contributed by atoms with Crippen LogP contribution in [0.15, 0.2) is 26.5 Å². The van der Waals surface area contributed by atoms with Gasteiger partial charge >= 0.3 is 0 Å². The number of carbonyl (C=O) groups excluding carboxylic acids is 1. The first-order valence-corrected chi connectivity index (χ1v) is 17.9. The minimum Gasteiger partial charge on any atom is -0.470 e. The first kappa shape index (κ1) is 35.4. The van der Waals surface area contributed by atoms with Gasteiger partial charge in [0.2, 0.25) is 0 Å². The summed E-state index contributed by atoms with van der Waals surface area (Å²) in [5.74, 6) is 0.860. The number of allylic oxidation sites excluding steroid dienone is 1. The van der Waals surface area contributed by atoms with Crippen LogP contribution in [0.1, 0.15) is 89.9 Å². The van der Waals surface area contributed by atoms with Gasteiger partial charge < -0.3 is 24.6 Å². The molecule has 2 unspecified atom stereocenters. The number of aliphatic hydroxyl groups is 1. The summed E-state index contributed by atoms with van der Waals surface area (Å²) in [6.07, 6.45) is 11.3. The number of azide groups is 2. The fourth-order valence-corrected chi connectivity index (χ4v) is 8.26. The summed E-state index contributed by atoms with van der Waals surface area (Å²) in [5, 5.41) is 20.5. The van der Waals surface area contributed by atoms with E-state index in [1.54, 1.807) is 0 Å². The van der Waals surface area contributed by atoms with E-state index in [-0.39, 0.29) is 36.4 Å². The highest BCUT2D eigenvalue weighted by Gasteiger charge is 2.56. The number of ether oxygens (including phenoxy) is 3. The number of hydrogen-bond donors (Lipinski definition) is 2. The highest BCUT2D eigenvalue weighted by molar-refractivity contribution is 5.94. The summed E-state index contributed by atoms with van der Waals surface area (Å²) < 4.78 is 18.4. The number of morpholine rings is 1. The number of aliphatic imine (C=N–C) groups is 1. The van der Waals surface area contributed by atoms with E-state index in [0.717, 1.165) is 89.4 Å². The molecule has 0 bridgehead atoms. The maximum Gasteiger partial charge on any atom is 0.252 e. The largest absolute Gasteiger partial charge is 0.470 e. The summed E-state index contributed by atoms with van der Waals surface area (Å²) in [4.78, 5) is 28.7. The second-order valence-corrected chi connectivity index (χ2v) is 13.8. The Labute approximate surface area is 277 Å². The first-order chi connectivity index (χ1) is 23.1. The lowest BCUT2D eigenvalue weighted by atomic mass is 9.69. The predicted molar refractivity (Wildman–Crippen MR) is 177 cm³/mol. The van der Waals surface area contributed by atoms with Gasteiger partial charge in [-0.3, -0.25) is 9.69 Å². The van der Waals surface area contributed by atoms with Crippen molar-refractivity contribution in [3.8, 4) is 0 Å². The molecule has 0 aromatic heterocycles. The number of carbonyl (C=O) groups is 1. The number of nitrogens with one attached hydrogen (secondary N) is 1. The van der Waals surface area contributed by atoms with Gasteiger partial charge in [-0.2, -0.15) is 0 Å². The molecule has 2 N–H and O–H groups in total. The van der Waals surface area contributed by atoms with Crippen molar-refractivity contribution in [2.75, 3.05) is 59.2 Å². The molecule has 0 aromatic rings. The van der Waals surface area contributed by atoms with Crippen molar-refractivity contribution in [3.05, 3.63) is 32.2 Å². The van der Waals surface area contributed by atoms with Crippen molar-refractivity contribution in [2.45, 2.75) is 108 Å². The van der Waals surface area contributed by atoms with Gasteiger partial charge in [0.05, 0.1) is 19.3 Å². The lowest BCUT2D eigenvalue weighted by Crippen LogP contribution is -2.55. The van der Waals surface area contributed by atoms with E-state index >= 15 is 0 Å². The average molecular weight is 656 g/mol. The van der Waals surface area contributed by atoms with Crippen molar-refractivity contribution in [2.24, 2.45) is 33.0 Å². The molecule has 2 heterocycles. The highest BCUT2D eigenvalue weighted by Crippen LogP contribution is 2.47. The fraction of sp³-hybridized carbons (Fsp3) is 0.879. The van der Waals surface area contributed by atoms with Gasteiger partial charge in [0.25, 0.3) is 5.91 Å². The van der Waals surface area contributed by atoms with E-state index in [4.69, 9.17) is 29.8 Å². The topological polar surface area (TPSA) is 190 Å². The lowest BCUT2D eigenvalue weighted by Gasteiger charge is -2.39. The number of nitrogens with zero attached hydrogens (tertiary/aromatic N) is 8. The smallest absolute Gasteiger partial charge is 0.252 e. The minimum atomic E-state index is -1.21. The van der Waals surface area contributed by atoms with E-state index in [9.17, 15) is 10.3 Å². The molecule has 3 aliphatic carbocycles. The summed E-state index contributed by atoms with van der Waals surface area (Å²) in [6.45, 7) is 5.36. The van der Waals surface area contributed by atoms with E-state index in [2.05, 4.69) is 30.3 Å². The predicted octanol–water partition coefficient (Wildman–Crippen LogP) is 5.57. The molecule has 14 heteroatoms. The van der Waals surface area contributed by atoms with Crippen LogP contribution in [0.3, 0.4) is 0 Å². The molecule has 4 atom stereocenters. The second kappa shape index (κ2) is 18.1. The number of hydrogen-bond acceptors (Lipinski definition) is 9. The zero-order valence-corrected chi connectivity index (χ0v) is 27.8. The molecule has 0 aromatic carbocycles. The Morgan fingerprint density at radius 2 is 1.81 bits per heavy atom. The molecular formula is C33H53N9O5. The van der Waals surface area contributed by atoms with Crippen LogP contribution in [-0.2, 0) is 19.0 Å². The van der Waals surface area contributed by atoms with Gasteiger partial charge in [-0.1, -0.05) is 35.9 Å². The number of aliphatic hydroxyl groups excluding tert-OH is 1. The van der Waals surface area contributed by atoms with Crippen LogP contribution in [-0.4, -0.2) is 98.7 Å². The Balaban J connectivity index is 1.47. The van der Waals surface area contributed by atoms with Gasteiger partial charge in [0, 0.05) is 67.4 Å². The molecule has 3 fully saturated rings. The highest BCUT2D eigenvalue weighted by atomic mass is 16.5. The molecular weight excluding hydrogens is 602 g/mol. The summed E-state index contributed by atoms with van der Waals surface area (Å²) >= 11 is 0. The standard InChI is InChI=1S/C33H53N9O5/c34-40-37-23-26-7-2-1-6-25(26)22-33(32(44)36-14-15-42-16-20-45-21-17-42)30(28-8-3-4-9-29(28)39-41-35)47-31(38-33)24-10-12-27(13-11-24)46-19-5-18-43/h24-27,30,43H,1-23H2,(H,36,44)/t24?,25?,26?,27?,30-,33-/m0/s1. The van der Waals surface area contributed by atoms with Gasteiger partial charge in [-0.15, -0.1) is 0 Å². The Bertz CT molecular complexity index is 1200. The Kier molecular flexibility index (Phi) is 13.6. The Morgan fingerprint density at radius 1 is 1.04 bits per heavy atom. The molecule has 5 aliphatic rings. The average Bonchev–Trinajstić information content (AvgIpc) is 3.49. The minimum absolute atomic E-state index is 0.0654. The lowest BCUT2D eigenvalue weighted by molar-refractivity contribution is -0.129. The summed E-state index contributed by atoms with van der Waals surface area (Å²) in [5.41, 5.74) is 19.0. The van der Waals surface area contributed by atoms with Gasteiger partial charge in [-0.25, -0.2) is 4.99 Å². The number of rotatable bonds is 15. The molecule has 2 aliphatic heterocycles. The van der Waals surface area contributed by atoms with E-state index in [1.165, 1.54) is 0 Å². The SMILES string of the molecule is [N-]=[N+]=NCC1CCCCC1C[C@]1(C(=O)NCCN2CCOCC2)N=C(C2CCC(OCCCO)CC2)O[C@H]1C1=C(N=[N+]=[N-])CCCC1. The van der Waals surface area contributed by atoms with Crippen molar-refractivity contribution in [3.63, 3.8) is 0 Å². The van der Waals surface area contributed by atoms with Gasteiger partial charge in [0.1, 0.15) is 0 Å². The molecule has 2 saturated carbocycles. The third-order valence-corrected chi connectivity index (χ3v) is 10.9. The van der Waals surface area contributed by atoms with Crippen LogP contribution >= 0.6 is 0 Å². The summed E-state index contributed by atoms with van der Waals surface area (Å²) in [7, 11) is 0. The van der Waals surface area contributed by atoms with Crippen LogP contribution in [0.25, 0.3) is 20.9 Å². The van der Waals surface area contributed by atoms with Crippen LogP contribution in [0.4, 0.5) is 0 Å². The first-order valence-electron chi connectivity index (χ1n) is 17.9. The van der Waals surface area contributed by atoms with Crippen LogP contribution < -0.4 is 5.32 Å². The van der Waals surface area contributed by atoms with Crippen LogP contribution in [0.5, 0.6) is 0 Å². The van der Waals surface area contributed by atoms with E-state index in [1.807, 2.05) is 0 Å². The molecule has 260 valence electrons. The zero-order chi connectivity index (χ0) is 32.9. The molecule has 0 spiro atoms. The maximum absolute atomic E-state index is 14.8. The number of amides is 1. The normalized spacial score (nSPS) is 31.7. The van der Waals surface area contributed by atoms with Crippen molar-refractivity contribution < 1.29 is 24.1 Å². The second-order valence-electron chi connectivity index (χ2n) is 13.8. The molecule has 1 amide bonds. The van der Waals surface area contributed by atoms with Crippen molar-refractivity contribution in [1.29, 1.82) is 0 Å². The maximum atomic E-state index is 14.8. The van der Waals surface area contributed by atoms with Crippen LogP contribution in [0.2, 0.25) is 0 Å². The third kappa shape index (κ3) is 9.19. The van der Waals surface area contributed by atoms with Crippen molar-refractivity contribution in [1.82, 2.24) is 10.2 Å². The molecule has 1 saturated heterocycles.